The molecule has 0 bridgehead atoms. The van der Waals surface area contributed by atoms with Gasteiger partial charge in [-0.05, 0) is 43.7 Å². The van der Waals surface area contributed by atoms with E-state index in [1.165, 1.54) is 0 Å². The Balaban J connectivity index is 1.65. The number of benzene rings is 2. The topological polar surface area (TPSA) is 58.4 Å². The molecule has 0 aliphatic carbocycles. The summed E-state index contributed by atoms with van der Waals surface area (Å²) in [5.41, 5.74) is 4.87. The van der Waals surface area contributed by atoms with Gasteiger partial charge in [0, 0.05) is 42.5 Å². The zero-order valence-corrected chi connectivity index (χ0v) is 17.5. The van der Waals surface area contributed by atoms with Crippen LogP contribution in [-0.4, -0.2) is 25.2 Å². The third kappa shape index (κ3) is 4.75. The van der Waals surface area contributed by atoms with Crippen LogP contribution in [0.15, 0.2) is 57.9 Å². The Hall–Kier alpha value is -2.73. The van der Waals surface area contributed by atoms with Crippen LogP contribution in [0.2, 0.25) is 0 Å². The highest BCUT2D eigenvalue weighted by Gasteiger charge is 2.14. The summed E-state index contributed by atoms with van der Waals surface area (Å²) >= 11 is 1.62. The first kappa shape index (κ1) is 20.0. The van der Waals surface area contributed by atoms with E-state index < -0.39 is 0 Å². The Kier molecular flexibility index (Phi) is 6.41. The zero-order chi connectivity index (χ0) is 20.1. The highest BCUT2D eigenvalue weighted by molar-refractivity contribution is 7.98. The smallest absolute Gasteiger partial charge is 0.252 e. The fourth-order valence-electron chi connectivity index (χ4n) is 2.83. The number of hydrogen-bond acceptors (Lipinski definition) is 5. The van der Waals surface area contributed by atoms with Crippen LogP contribution in [-0.2, 0) is 12.3 Å². The summed E-state index contributed by atoms with van der Waals surface area (Å²) in [5.74, 6) is 1.48. The molecule has 3 aromatic rings. The van der Waals surface area contributed by atoms with Crippen LogP contribution in [0.4, 0.5) is 5.69 Å². The fraction of sp³-hybridized carbons (Fsp3) is 0.273. The summed E-state index contributed by atoms with van der Waals surface area (Å²) in [6.07, 6.45) is 0. The lowest BCUT2D eigenvalue weighted by Crippen LogP contribution is -2.23. The van der Waals surface area contributed by atoms with Crippen molar-refractivity contribution >= 4 is 23.4 Å². The first-order chi connectivity index (χ1) is 13.5. The summed E-state index contributed by atoms with van der Waals surface area (Å²) in [6, 6.07) is 15.8. The van der Waals surface area contributed by atoms with Crippen LogP contribution in [0.25, 0.3) is 0 Å². The van der Waals surface area contributed by atoms with Crippen LogP contribution in [0.5, 0.6) is 0 Å². The standard InChI is InChI=1S/C22H25N3O2S/c1-15-20(16(2)27-24-15)14-28-21-8-6-5-7-19(21)22(26)23-13-17-9-11-18(12-10-17)25(3)4/h5-12H,13-14H2,1-4H3,(H,23,26). The summed E-state index contributed by atoms with van der Waals surface area (Å²) in [7, 11) is 4.02. The van der Waals surface area contributed by atoms with Gasteiger partial charge in [0.2, 0.25) is 0 Å². The van der Waals surface area contributed by atoms with Gasteiger partial charge in [-0.25, -0.2) is 0 Å². The number of anilines is 1. The van der Waals surface area contributed by atoms with E-state index in [0.717, 1.165) is 38.9 Å². The van der Waals surface area contributed by atoms with Crippen molar-refractivity contribution in [3.63, 3.8) is 0 Å². The summed E-state index contributed by atoms with van der Waals surface area (Å²) in [4.78, 5) is 15.7. The van der Waals surface area contributed by atoms with Gasteiger partial charge in [-0.15, -0.1) is 11.8 Å². The molecule has 2 aromatic carbocycles. The molecule has 3 rings (SSSR count). The van der Waals surface area contributed by atoms with E-state index >= 15 is 0 Å². The molecule has 0 saturated carbocycles. The van der Waals surface area contributed by atoms with Crippen molar-refractivity contribution in [2.24, 2.45) is 0 Å². The molecule has 0 aliphatic rings. The van der Waals surface area contributed by atoms with Crippen LogP contribution >= 0.6 is 11.8 Å². The molecule has 0 aliphatic heterocycles. The van der Waals surface area contributed by atoms with Crippen LogP contribution in [0.1, 0.15) is 32.9 Å². The molecule has 0 spiro atoms. The van der Waals surface area contributed by atoms with Gasteiger partial charge >= 0.3 is 0 Å². The Morgan fingerprint density at radius 3 is 2.46 bits per heavy atom. The molecule has 28 heavy (non-hydrogen) atoms. The monoisotopic (exact) mass is 395 g/mol. The Labute approximate surface area is 170 Å². The minimum absolute atomic E-state index is 0.0708. The number of carbonyl (C=O) groups is 1. The summed E-state index contributed by atoms with van der Waals surface area (Å²) in [6.45, 7) is 4.35. The van der Waals surface area contributed by atoms with Crippen LogP contribution in [0.3, 0.4) is 0 Å². The minimum Gasteiger partial charge on any atom is -0.378 e. The third-order valence-corrected chi connectivity index (χ3v) is 5.69. The number of carbonyl (C=O) groups excluding carboxylic acids is 1. The number of aromatic nitrogens is 1. The number of aryl methyl sites for hydroxylation is 2. The van der Waals surface area contributed by atoms with Crippen molar-refractivity contribution in [1.82, 2.24) is 10.5 Å². The predicted molar refractivity (Wildman–Crippen MR) is 114 cm³/mol. The lowest BCUT2D eigenvalue weighted by atomic mass is 10.1. The highest BCUT2D eigenvalue weighted by Crippen LogP contribution is 2.28. The number of rotatable bonds is 7. The quantitative estimate of drug-likeness (QED) is 0.594. The Morgan fingerprint density at radius 1 is 1.11 bits per heavy atom. The molecule has 1 N–H and O–H groups in total. The first-order valence-electron chi connectivity index (χ1n) is 9.13. The maximum atomic E-state index is 12.7. The van der Waals surface area contributed by atoms with E-state index in [2.05, 4.69) is 27.5 Å². The average Bonchev–Trinajstić information content (AvgIpc) is 3.02. The van der Waals surface area contributed by atoms with Gasteiger partial charge in [-0.1, -0.05) is 29.4 Å². The molecule has 0 atom stereocenters. The highest BCUT2D eigenvalue weighted by atomic mass is 32.2. The lowest BCUT2D eigenvalue weighted by molar-refractivity contribution is 0.0948. The summed E-state index contributed by atoms with van der Waals surface area (Å²) in [5, 5.41) is 7.02. The van der Waals surface area contributed by atoms with Crippen LogP contribution < -0.4 is 10.2 Å². The molecule has 146 valence electrons. The van der Waals surface area contributed by atoms with Crippen molar-refractivity contribution in [2.45, 2.75) is 31.0 Å². The van der Waals surface area contributed by atoms with E-state index in [9.17, 15) is 4.79 Å². The molecule has 0 unspecified atom stereocenters. The van der Waals surface area contributed by atoms with Crippen molar-refractivity contribution in [1.29, 1.82) is 0 Å². The van der Waals surface area contributed by atoms with E-state index in [1.54, 1.807) is 11.8 Å². The van der Waals surface area contributed by atoms with Crippen molar-refractivity contribution in [3.8, 4) is 0 Å². The fourth-order valence-corrected chi connectivity index (χ4v) is 4.03. The minimum atomic E-state index is -0.0708. The van der Waals surface area contributed by atoms with Crippen molar-refractivity contribution in [2.75, 3.05) is 19.0 Å². The molecule has 1 heterocycles. The summed E-state index contributed by atoms with van der Waals surface area (Å²) < 4.78 is 5.23. The normalized spacial score (nSPS) is 10.7. The van der Waals surface area contributed by atoms with Crippen LogP contribution in [0, 0.1) is 13.8 Å². The number of thioether (sulfide) groups is 1. The molecule has 0 fully saturated rings. The van der Waals surface area contributed by atoms with E-state index in [4.69, 9.17) is 4.52 Å². The molecule has 5 nitrogen and oxygen atoms in total. The maximum absolute atomic E-state index is 12.7. The van der Waals surface area contributed by atoms with Gasteiger partial charge in [0.25, 0.3) is 5.91 Å². The zero-order valence-electron chi connectivity index (χ0n) is 16.7. The Bertz CT molecular complexity index is 929. The molecular formula is C22H25N3O2S. The molecule has 1 aromatic heterocycles. The van der Waals surface area contributed by atoms with E-state index in [0.29, 0.717) is 12.1 Å². The predicted octanol–water partition coefficient (Wildman–Crippen LogP) is 4.58. The van der Waals surface area contributed by atoms with E-state index in [1.807, 2.05) is 64.3 Å². The Morgan fingerprint density at radius 2 is 1.82 bits per heavy atom. The van der Waals surface area contributed by atoms with Crippen molar-refractivity contribution < 1.29 is 9.32 Å². The maximum Gasteiger partial charge on any atom is 0.252 e. The van der Waals surface area contributed by atoms with Gasteiger partial charge < -0.3 is 14.7 Å². The molecule has 0 radical (unpaired) electrons. The SMILES string of the molecule is Cc1noc(C)c1CSc1ccccc1C(=O)NCc1ccc(N(C)C)cc1. The number of nitrogens with zero attached hydrogens (tertiary/aromatic N) is 2. The number of amides is 1. The molecule has 6 heteroatoms. The van der Waals surface area contributed by atoms with Gasteiger partial charge in [-0.3, -0.25) is 4.79 Å². The lowest BCUT2D eigenvalue weighted by Gasteiger charge is -2.13. The second kappa shape index (κ2) is 8.97. The van der Waals surface area contributed by atoms with Gasteiger partial charge in [0.05, 0.1) is 11.3 Å². The first-order valence-corrected chi connectivity index (χ1v) is 10.1. The molecular weight excluding hydrogens is 370 g/mol. The van der Waals surface area contributed by atoms with Gasteiger partial charge in [0.15, 0.2) is 0 Å². The molecule has 1 amide bonds. The van der Waals surface area contributed by atoms with Crippen molar-refractivity contribution in [3.05, 3.63) is 76.7 Å². The number of hydrogen-bond donors (Lipinski definition) is 1. The second-order valence-electron chi connectivity index (χ2n) is 6.83. The van der Waals surface area contributed by atoms with Gasteiger partial charge in [-0.2, -0.15) is 0 Å². The van der Waals surface area contributed by atoms with Gasteiger partial charge in [0.1, 0.15) is 5.76 Å². The number of nitrogens with one attached hydrogen (secondary N) is 1. The largest absolute Gasteiger partial charge is 0.378 e. The van der Waals surface area contributed by atoms with E-state index in [-0.39, 0.29) is 5.91 Å². The molecule has 0 saturated heterocycles. The average molecular weight is 396 g/mol. The second-order valence-corrected chi connectivity index (χ2v) is 7.85. The third-order valence-electron chi connectivity index (χ3n) is 4.59.